The van der Waals surface area contributed by atoms with Crippen molar-refractivity contribution in [3.8, 4) is 0 Å². The zero-order chi connectivity index (χ0) is 16.5. The number of hydrogen-bond donors (Lipinski definition) is 2. The molecule has 2 N–H and O–H groups in total. The summed E-state index contributed by atoms with van der Waals surface area (Å²) in [7, 11) is 4.01. The highest BCUT2D eigenvalue weighted by molar-refractivity contribution is 5.80. The summed E-state index contributed by atoms with van der Waals surface area (Å²) in [4.78, 5) is 13.9. The summed E-state index contributed by atoms with van der Waals surface area (Å²) >= 11 is 0. The maximum Gasteiger partial charge on any atom is 0.239 e. The molecule has 0 saturated carbocycles. The van der Waals surface area contributed by atoms with Crippen LogP contribution >= 0.6 is 0 Å². The van der Waals surface area contributed by atoms with E-state index in [9.17, 15) is 4.79 Å². The van der Waals surface area contributed by atoms with Crippen LogP contribution in [0.5, 0.6) is 0 Å². The van der Waals surface area contributed by atoms with Crippen molar-refractivity contribution in [3.63, 3.8) is 0 Å². The summed E-state index contributed by atoms with van der Waals surface area (Å²) in [5.41, 5.74) is 3.40. The Bertz CT molecular complexity index is 594. The van der Waals surface area contributed by atoms with Crippen LogP contribution in [0.15, 0.2) is 54.6 Å². The van der Waals surface area contributed by atoms with Crippen LogP contribution in [-0.4, -0.2) is 33.1 Å². The lowest BCUT2D eigenvalue weighted by atomic mass is 10.1. The standard InChI is InChI=1S/C19H25N3O/c1-22(2)18-12-10-17(11-13-18)21-15-19(23)20-14-6-9-16-7-4-3-5-8-16/h3-5,7-8,10-13,21H,6,9,14-15H2,1-2H3,(H,20,23). The topological polar surface area (TPSA) is 44.4 Å². The number of rotatable bonds is 8. The molecular formula is C19H25N3O. The Balaban J connectivity index is 1.63. The first-order valence-electron chi connectivity index (χ1n) is 7.97. The van der Waals surface area contributed by atoms with Crippen LogP contribution in [0.3, 0.4) is 0 Å². The van der Waals surface area contributed by atoms with E-state index in [-0.39, 0.29) is 5.91 Å². The fourth-order valence-electron chi connectivity index (χ4n) is 2.29. The average Bonchev–Trinajstić information content (AvgIpc) is 2.58. The Kier molecular flexibility index (Phi) is 6.48. The van der Waals surface area contributed by atoms with Gasteiger partial charge in [-0.25, -0.2) is 0 Å². The summed E-state index contributed by atoms with van der Waals surface area (Å²) in [5, 5.41) is 6.08. The van der Waals surface area contributed by atoms with Crippen LogP contribution in [-0.2, 0) is 11.2 Å². The molecule has 122 valence electrons. The fraction of sp³-hybridized carbons (Fsp3) is 0.316. The van der Waals surface area contributed by atoms with Gasteiger partial charge in [0, 0.05) is 32.0 Å². The normalized spacial score (nSPS) is 10.2. The van der Waals surface area contributed by atoms with Crippen molar-refractivity contribution in [2.75, 3.05) is 37.4 Å². The first kappa shape index (κ1) is 16.9. The van der Waals surface area contributed by atoms with Gasteiger partial charge in [-0.05, 0) is 42.7 Å². The van der Waals surface area contributed by atoms with Gasteiger partial charge in [0.2, 0.25) is 5.91 Å². The van der Waals surface area contributed by atoms with E-state index in [0.717, 1.165) is 24.2 Å². The van der Waals surface area contributed by atoms with Crippen LogP contribution < -0.4 is 15.5 Å². The first-order valence-corrected chi connectivity index (χ1v) is 7.97. The quantitative estimate of drug-likeness (QED) is 0.737. The third kappa shape index (κ3) is 6.02. The van der Waals surface area contributed by atoms with E-state index in [0.29, 0.717) is 13.1 Å². The van der Waals surface area contributed by atoms with Crippen molar-refractivity contribution in [2.24, 2.45) is 0 Å². The van der Waals surface area contributed by atoms with Gasteiger partial charge in [0.15, 0.2) is 0 Å². The monoisotopic (exact) mass is 311 g/mol. The summed E-state index contributed by atoms with van der Waals surface area (Å²) in [6, 6.07) is 18.3. The van der Waals surface area contributed by atoms with Gasteiger partial charge >= 0.3 is 0 Å². The van der Waals surface area contributed by atoms with Crippen LogP contribution in [0.1, 0.15) is 12.0 Å². The summed E-state index contributed by atoms with van der Waals surface area (Å²) < 4.78 is 0. The lowest BCUT2D eigenvalue weighted by Crippen LogP contribution is -2.30. The summed E-state index contributed by atoms with van der Waals surface area (Å²) in [5.74, 6) is 0.0229. The number of nitrogens with zero attached hydrogens (tertiary/aromatic N) is 1. The number of nitrogens with one attached hydrogen (secondary N) is 2. The third-order valence-electron chi connectivity index (χ3n) is 3.64. The van der Waals surface area contributed by atoms with Gasteiger partial charge in [-0.15, -0.1) is 0 Å². The van der Waals surface area contributed by atoms with Crippen molar-refractivity contribution in [3.05, 3.63) is 60.2 Å². The second-order valence-electron chi connectivity index (χ2n) is 5.73. The molecule has 0 fully saturated rings. The van der Waals surface area contributed by atoms with Gasteiger partial charge in [-0.3, -0.25) is 4.79 Å². The molecule has 0 atom stereocenters. The average molecular weight is 311 g/mol. The number of carbonyl (C=O) groups is 1. The lowest BCUT2D eigenvalue weighted by molar-refractivity contribution is -0.119. The minimum Gasteiger partial charge on any atom is -0.378 e. The van der Waals surface area contributed by atoms with E-state index < -0.39 is 0 Å². The summed E-state index contributed by atoms with van der Waals surface area (Å²) in [6.07, 6.45) is 1.94. The molecule has 0 aliphatic rings. The molecule has 0 aliphatic heterocycles. The Morgan fingerprint density at radius 3 is 2.35 bits per heavy atom. The number of aryl methyl sites for hydroxylation is 1. The van der Waals surface area contributed by atoms with Crippen LogP contribution in [0.4, 0.5) is 11.4 Å². The molecule has 4 heteroatoms. The molecule has 0 saturated heterocycles. The largest absolute Gasteiger partial charge is 0.378 e. The van der Waals surface area contributed by atoms with Gasteiger partial charge in [0.25, 0.3) is 0 Å². The minimum absolute atomic E-state index is 0.0229. The molecule has 2 rings (SSSR count). The predicted octanol–water partition coefficient (Wildman–Crippen LogP) is 2.91. The van der Waals surface area contributed by atoms with E-state index in [1.165, 1.54) is 5.56 Å². The Labute approximate surface area is 138 Å². The van der Waals surface area contributed by atoms with Gasteiger partial charge < -0.3 is 15.5 Å². The number of benzene rings is 2. The number of hydrogen-bond acceptors (Lipinski definition) is 3. The zero-order valence-electron chi connectivity index (χ0n) is 13.9. The maximum absolute atomic E-state index is 11.8. The summed E-state index contributed by atoms with van der Waals surface area (Å²) in [6.45, 7) is 1.00. The number of amides is 1. The molecule has 0 unspecified atom stereocenters. The maximum atomic E-state index is 11.8. The van der Waals surface area contributed by atoms with Crippen molar-refractivity contribution in [1.82, 2.24) is 5.32 Å². The molecule has 0 heterocycles. The Morgan fingerprint density at radius 1 is 1.00 bits per heavy atom. The first-order chi connectivity index (χ1) is 11.1. The van der Waals surface area contributed by atoms with Gasteiger partial charge in [-0.1, -0.05) is 30.3 Å². The molecule has 4 nitrogen and oxygen atoms in total. The highest BCUT2D eigenvalue weighted by Gasteiger charge is 2.01. The Hall–Kier alpha value is -2.49. The fourth-order valence-corrected chi connectivity index (χ4v) is 2.29. The second-order valence-corrected chi connectivity index (χ2v) is 5.73. The van der Waals surface area contributed by atoms with E-state index in [1.54, 1.807) is 0 Å². The van der Waals surface area contributed by atoms with E-state index in [2.05, 4.69) is 22.8 Å². The van der Waals surface area contributed by atoms with E-state index >= 15 is 0 Å². The van der Waals surface area contributed by atoms with Gasteiger partial charge in [0.05, 0.1) is 6.54 Å². The van der Waals surface area contributed by atoms with Crippen molar-refractivity contribution < 1.29 is 4.79 Å². The van der Waals surface area contributed by atoms with E-state index in [1.807, 2.05) is 61.5 Å². The lowest BCUT2D eigenvalue weighted by Gasteiger charge is -2.13. The number of anilines is 2. The van der Waals surface area contributed by atoms with Crippen molar-refractivity contribution in [2.45, 2.75) is 12.8 Å². The molecule has 0 aromatic heterocycles. The minimum atomic E-state index is 0.0229. The second kappa shape index (κ2) is 8.83. The van der Waals surface area contributed by atoms with Crippen molar-refractivity contribution in [1.29, 1.82) is 0 Å². The Morgan fingerprint density at radius 2 is 1.70 bits per heavy atom. The van der Waals surface area contributed by atoms with Crippen LogP contribution in [0.25, 0.3) is 0 Å². The molecule has 2 aromatic carbocycles. The third-order valence-corrected chi connectivity index (χ3v) is 3.64. The molecule has 23 heavy (non-hydrogen) atoms. The molecule has 1 amide bonds. The molecule has 0 aliphatic carbocycles. The predicted molar refractivity (Wildman–Crippen MR) is 97.0 cm³/mol. The van der Waals surface area contributed by atoms with Crippen LogP contribution in [0, 0.1) is 0 Å². The molecule has 0 bridgehead atoms. The smallest absolute Gasteiger partial charge is 0.239 e. The molecule has 0 radical (unpaired) electrons. The molecule has 0 spiro atoms. The van der Waals surface area contributed by atoms with Crippen molar-refractivity contribution >= 4 is 17.3 Å². The van der Waals surface area contributed by atoms with E-state index in [4.69, 9.17) is 0 Å². The highest BCUT2D eigenvalue weighted by Crippen LogP contribution is 2.15. The molecule has 2 aromatic rings. The highest BCUT2D eigenvalue weighted by atomic mass is 16.1. The SMILES string of the molecule is CN(C)c1ccc(NCC(=O)NCCCc2ccccc2)cc1. The van der Waals surface area contributed by atoms with Gasteiger partial charge in [-0.2, -0.15) is 0 Å². The zero-order valence-corrected chi connectivity index (χ0v) is 13.9. The van der Waals surface area contributed by atoms with Crippen LogP contribution in [0.2, 0.25) is 0 Å². The van der Waals surface area contributed by atoms with Gasteiger partial charge in [0.1, 0.15) is 0 Å². The molecular weight excluding hydrogens is 286 g/mol. The number of carbonyl (C=O) groups excluding carboxylic acids is 1.